The normalized spacial score (nSPS) is 18.9. The number of hydrogen-bond acceptors (Lipinski definition) is 5. The summed E-state index contributed by atoms with van der Waals surface area (Å²) in [6, 6.07) is 8.16. The van der Waals surface area contributed by atoms with Gasteiger partial charge in [-0.25, -0.2) is 9.69 Å². The summed E-state index contributed by atoms with van der Waals surface area (Å²) >= 11 is 0. The zero-order valence-electron chi connectivity index (χ0n) is 15.8. The van der Waals surface area contributed by atoms with E-state index < -0.39 is 17.8 Å². The molecule has 1 aromatic carbocycles. The van der Waals surface area contributed by atoms with Crippen molar-refractivity contribution in [3.8, 4) is 0 Å². The number of carbonyl (C=O) groups excluding carboxylic acids is 3. The van der Waals surface area contributed by atoms with Gasteiger partial charge in [0.25, 0.3) is 11.8 Å². The van der Waals surface area contributed by atoms with Crippen LogP contribution in [0.2, 0.25) is 0 Å². The van der Waals surface area contributed by atoms with Crippen LogP contribution in [-0.2, 0) is 9.59 Å². The Morgan fingerprint density at radius 3 is 2.54 bits per heavy atom. The SMILES string of the molecule is Cc1cccc(N2C(=O)NC(=O)/C(=C\c3ccc(N4CCCC4)o3)C2=O)c1C. The first kappa shape index (κ1) is 18.0. The minimum Gasteiger partial charge on any atom is -0.441 e. The van der Waals surface area contributed by atoms with Gasteiger partial charge in [0.15, 0.2) is 5.88 Å². The van der Waals surface area contributed by atoms with Crippen molar-refractivity contribution in [2.75, 3.05) is 22.9 Å². The Kier molecular flexibility index (Phi) is 4.50. The third-order valence-electron chi connectivity index (χ3n) is 5.24. The summed E-state index contributed by atoms with van der Waals surface area (Å²) in [6.45, 7) is 5.59. The summed E-state index contributed by atoms with van der Waals surface area (Å²) in [5.41, 5.74) is 2.07. The molecule has 1 aromatic heterocycles. The number of rotatable bonds is 3. The predicted molar refractivity (Wildman–Crippen MR) is 105 cm³/mol. The molecule has 2 aliphatic heterocycles. The average molecular weight is 379 g/mol. The van der Waals surface area contributed by atoms with Crippen LogP contribution in [0.25, 0.3) is 6.08 Å². The van der Waals surface area contributed by atoms with E-state index in [1.807, 2.05) is 26.0 Å². The molecule has 0 aliphatic carbocycles. The molecule has 4 rings (SSSR count). The fraction of sp³-hybridized carbons (Fsp3) is 0.286. The quantitative estimate of drug-likeness (QED) is 0.654. The molecule has 0 saturated carbocycles. The molecule has 0 unspecified atom stereocenters. The van der Waals surface area contributed by atoms with E-state index in [1.165, 1.54) is 6.08 Å². The van der Waals surface area contributed by atoms with Gasteiger partial charge in [-0.15, -0.1) is 0 Å². The first-order chi connectivity index (χ1) is 13.5. The van der Waals surface area contributed by atoms with Crippen molar-refractivity contribution in [1.29, 1.82) is 0 Å². The number of furan rings is 1. The Balaban J connectivity index is 1.68. The summed E-state index contributed by atoms with van der Waals surface area (Å²) in [4.78, 5) is 40.8. The molecule has 1 N–H and O–H groups in total. The van der Waals surface area contributed by atoms with Crippen LogP contribution in [0.1, 0.15) is 29.7 Å². The Hall–Kier alpha value is -3.35. The van der Waals surface area contributed by atoms with E-state index in [1.54, 1.807) is 18.2 Å². The van der Waals surface area contributed by atoms with Gasteiger partial charge in [-0.3, -0.25) is 14.9 Å². The van der Waals surface area contributed by atoms with Crippen molar-refractivity contribution < 1.29 is 18.8 Å². The number of carbonyl (C=O) groups is 3. The maximum Gasteiger partial charge on any atom is 0.335 e. The minimum atomic E-state index is -0.752. The van der Waals surface area contributed by atoms with Gasteiger partial charge in [-0.1, -0.05) is 12.1 Å². The molecule has 28 heavy (non-hydrogen) atoms. The van der Waals surface area contributed by atoms with E-state index in [0.29, 0.717) is 11.4 Å². The van der Waals surface area contributed by atoms with Crippen molar-refractivity contribution in [3.05, 3.63) is 52.8 Å². The third-order valence-corrected chi connectivity index (χ3v) is 5.24. The van der Waals surface area contributed by atoms with Crippen LogP contribution >= 0.6 is 0 Å². The van der Waals surface area contributed by atoms with E-state index in [2.05, 4.69) is 10.2 Å². The Bertz CT molecular complexity index is 999. The lowest BCUT2D eigenvalue weighted by Gasteiger charge is -2.27. The van der Waals surface area contributed by atoms with Crippen molar-refractivity contribution in [1.82, 2.24) is 5.32 Å². The van der Waals surface area contributed by atoms with Crippen LogP contribution in [0.3, 0.4) is 0 Å². The molecule has 2 saturated heterocycles. The van der Waals surface area contributed by atoms with Crippen molar-refractivity contribution in [2.45, 2.75) is 26.7 Å². The summed E-state index contributed by atoms with van der Waals surface area (Å²) < 4.78 is 5.79. The van der Waals surface area contributed by atoms with Gasteiger partial charge in [0.1, 0.15) is 11.3 Å². The Labute approximate surface area is 162 Å². The van der Waals surface area contributed by atoms with Crippen molar-refractivity contribution >= 4 is 35.5 Å². The number of urea groups is 1. The molecule has 0 atom stereocenters. The van der Waals surface area contributed by atoms with E-state index in [9.17, 15) is 14.4 Å². The number of benzene rings is 1. The van der Waals surface area contributed by atoms with Gasteiger partial charge < -0.3 is 9.32 Å². The predicted octanol–water partition coefficient (Wildman–Crippen LogP) is 3.16. The second kappa shape index (κ2) is 6.99. The molecular formula is C21H21N3O4. The van der Waals surface area contributed by atoms with Crippen molar-refractivity contribution in [2.24, 2.45) is 0 Å². The summed E-state index contributed by atoms with van der Waals surface area (Å²) in [7, 11) is 0. The maximum absolute atomic E-state index is 13.0. The number of anilines is 2. The van der Waals surface area contributed by atoms with Crippen LogP contribution in [0, 0.1) is 13.8 Å². The molecule has 0 radical (unpaired) electrons. The minimum absolute atomic E-state index is 0.136. The zero-order chi connectivity index (χ0) is 19.8. The molecule has 2 aromatic rings. The zero-order valence-corrected chi connectivity index (χ0v) is 15.8. The van der Waals surface area contributed by atoms with Gasteiger partial charge in [-0.2, -0.15) is 0 Å². The lowest BCUT2D eigenvalue weighted by atomic mass is 10.0. The molecule has 4 amide bonds. The number of aryl methyl sites for hydroxylation is 1. The smallest absolute Gasteiger partial charge is 0.335 e. The first-order valence-electron chi connectivity index (χ1n) is 9.28. The highest BCUT2D eigenvalue weighted by Crippen LogP contribution is 2.28. The standard InChI is InChI=1S/C21H21N3O4/c1-13-6-5-7-17(14(13)2)24-20(26)16(19(25)22-21(24)27)12-15-8-9-18(28-15)23-10-3-4-11-23/h5-9,12H,3-4,10-11H2,1-2H3,(H,22,25,27)/b16-12+. The molecule has 0 spiro atoms. The van der Waals surface area contributed by atoms with Crippen LogP contribution in [0.15, 0.2) is 40.3 Å². The molecule has 2 aliphatic rings. The number of imide groups is 2. The fourth-order valence-electron chi connectivity index (χ4n) is 3.52. The highest BCUT2D eigenvalue weighted by atomic mass is 16.4. The monoisotopic (exact) mass is 379 g/mol. The highest BCUT2D eigenvalue weighted by molar-refractivity contribution is 6.39. The molecule has 0 bridgehead atoms. The molecule has 3 heterocycles. The van der Waals surface area contributed by atoms with Gasteiger partial charge >= 0.3 is 6.03 Å². The number of nitrogens with one attached hydrogen (secondary N) is 1. The molecule has 144 valence electrons. The Morgan fingerprint density at radius 1 is 1.04 bits per heavy atom. The summed E-state index contributed by atoms with van der Waals surface area (Å²) in [5, 5.41) is 2.24. The third kappa shape index (κ3) is 3.09. The van der Waals surface area contributed by atoms with Crippen LogP contribution in [0.4, 0.5) is 16.4 Å². The number of hydrogen-bond donors (Lipinski definition) is 1. The number of barbiturate groups is 1. The molecular weight excluding hydrogens is 358 g/mol. The van der Waals surface area contributed by atoms with E-state index in [0.717, 1.165) is 47.8 Å². The second-order valence-electron chi connectivity index (χ2n) is 7.05. The van der Waals surface area contributed by atoms with Gasteiger partial charge in [0.2, 0.25) is 0 Å². The Morgan fingerprint density at radius 2 is 1.79 bits per heavy atom. The van der Waals surface area contributed by atoms with Crippen LogP contribution in [0.5, 0.6) is 0 Å². The fourth-order valence-corrected chi connectivity index (χ4v) is 3.52. The van der Waals surface area contributed by atoms with Crippen LogP contribution in [-0.4, -0.2) is 30.9 Å². The second-order valence-corrected chi connectivity index (χ2v) is 7.05. The lowest BCUT2D eigenvalue weighted by molar-refractivity contribution is -0.122. The summed E-state index contributed by atoms with van der Waals surface area (Å²) in [6.07, 6.45) is 3.62. The topological polar surface area (TPSA) is 82.9 Å². The average Bonchev–Trinajstić information content (AvgIpc) is 3.33. The van der Waals surface area contributed by atoms with Gasteiger partial charge in [0, 0.05) is 19.2 Å². The van der Waals surface area contributed by atoms with Gasteiger partial charge in [0.05, 0.1) is 5.69 Å². The molecule has 2 fully saturated rings. The van der Waals surface area contributed by atoms with Gasteiger partial charge in [-0.05, 0) is 56.0 Å². The van der Waals surface area contributed by atoms with E-state index in [4.69, 9.17) is 4.42 Å². The molecule has 7 nitrogen and oxygen atoms in total. The van der Waals surface area contributed by atoms with E-state index in [-0.39, 0.29) is 5.57 Å². The van der Waals surface area contributed by atoms with E-state index >= 15 is 0 Å². The van der Waals surface area contributed by atoms with Crippen LogP contribution < -0.4 is 15.1 Å². The largest absolute Gasteiger partial charge is 0.441 e. The number of amides is 4. The van der Waals surface area contributed by atoms with Crippen molar-refractivity contribution in [3.63, 3.8) is 0 Å². The molecule has 7 heteroatoms. The number of nitrogens with zero attached hydrogens (tertiary/aromatic N) is 2. The lowest BCUT2D eigenvalue weighted by Crippen LogP contribution is -2.54. The maximum atomic E-state index is 13.0. The highest BCUT2D eigenvalue weighted by Gasteiger charge is 2.37. The summed E-state index contributed by atoms with van der Waals surface area (Å²) in [5.74, 6) is -0.275. The first-order valence-corrected chi connectivity index (χ1v) is 9.28.